The van der Waals surface area contributed by atoms with E-state index in [0.29, 0.717) is 19.5 Å². The van der Waals surface area contributed by atoms with Gasteiger partial charge in [-0.3, -0.25) is 14.3 Å². The van der Waals surface area contributed by atoms with Crippen molar-refractivity contribution in [3.8, 4) is 0 Å². The van der Waals surface area contributed by atoms with E-state index in [2.05, 4.69) is 5.10 Å². The Morgan fingerprint density at radius 2 is 2.24 bits per heavy atom. The first-order chi connectivity index (χ1) is 10.1. The summed E-state index contributed by atoms with van der Waals surface area (Å²) < 4.78 is 7.16. The molecule has 21 heavy (non-hydrogen) atoms. The number of carbonyl (C=O) groups excluding carboxylic acids is 2. The second-order valence-electron chi connectivity index (χ2n) is 5.38. The predicted molar refractivity (Wildman–Crippen MR) is 76.1 cm³/mol. The van der Waals surface area contributed by atoms with Crippen LogP contribution in [0.15, 0.2) is 18.5 Å². The Balaban J connectivity index is 1.78. The summed E-state index contributed by atoms with van der Waals surface area (Å²) >= 11 is 0. The Labute approximate surface area is 124 Å². The number of methoxy groups -OCH3 is 1. The number of hydrogen-bond donors (Lipinski definition) is 1. The standard InChI is InChI=1S/C14H22N4O3/c1-21-12-10-17(9-11(12)8-13(15)19)14(20)4-2-6-18-7-3-5-16-18/h3,5,7,11-12H,2,4,6,8-10H2,1H3,(H2,15,19)/t11-,12+/m1/s1. The van der Waals surface area contributed by atoms with Gasteiger partial charge < -0.3 is 15.4 Å². The van der Waals surface area contributed by atoms with Crippen LogP contribution >= 0.6 is 0 Å². The van der Waals surface area contributed by atoms with Gasteiger partial charge in [-0.15, -0.1) is 0 Å². The lowest BCUT2D eigenvalue weighted by molar-refractivity contribution is -0.131. The Kier molecular flexibility index (Phi) is 5.32. The van der Waals surface area contributed by atoms with Crippen molar-refractivity contribution in [3.63, 3.8) is 0 Å². The van der Waals surface area contributed by atoms with Crippen LogP contribution in [-0.4, -0.2) is 52.8 Å². The van der Waals surface area contributed by atoms with Gasteiger partial charge in [-0.05, 0) is 12.5 Å². The monoisotopic (exact) mass is 294 g/mol. The summed E-state index contributed by atoms with van der Waals surface area (Å²) in [5.41, 5.74) is 5.24. The van der Waals surface area contributed by atoms with Gasteiger partial charge in [-0.25, -0.2) is 0 Å². The van der Waals surface area contributed by atoms with E-state index < -0.39 is 0 Å². The number of aryl methyl sites for hydroxylation is 1. The Morgan fingerprint density at radius 3 is 2.86 bits per heavy atom. The topological polar surface area (TPSA) is 90.4 Å². The van der Waals surface area contributed by atoms with E-state index in [9.17, 15) is 9.59 Å². The van der Waals surface area contributed by atoms with Gasteiger partial charge in [0.2, 0.25) is 11.8 Å². The van der Waals surface area contributed by atoms with Crippen LogP contribution in [0.2, 0.25) is 0 Å². The minimum Gasteiger partial charge on any atom is -0.379 e. The molecule has 0 unspecified atom stereocenters. The van der Waals surface area contributed by atoms with Crippen molar-refractivity contribution in [2.24, 2.45) is 11.7 Å². The highest BCUT2D eigenvalue weighted by molar-refractivity contribution is 5.77. The number of likely N-dealkylation sites (tertiary alicyclic amines) is 1. The van der Waals surface area contributed by atoms with Gasteiger partial charge in [-0.2, -0.15) is 5.10 Å². The highest BCUT2D eigenvalue weighted by Gasteiger charge is 2.35. The molecule has 1 aliphatic heterocycles. The molecule has 1 aromatic heterocycles. The van der Waals surface area contributed by atoms with Crippen molar-refractivity contribution in [1.29, 1.82) is 0 Å². The Hall–Kier alpha value is -1.89. The van der Waals surface area contributed by atoms with Gasteiger partial charge >= 0.3 is 0 Å². The summed E-state index contributed by atoms with van der Waals surface area (Å²) in [6, 6.07) is 1.86. The van der Waals surface area contributed by atoms with Gasteiger partial charge in [0.1, 0.15) is 0 Å². The van der Waals surface area contributed by atoms with E-state index in [0.717, 1.165) is 13.0 Å². The van der Waals surface area contributed by atoms with Crippen LogP contribution in [0.5, 0.6) is 0 Å². The van der Waals surface area contributed by atoms with Crippen LogP contribution in [-0.2, 0) is 20.9 Å². The molecule has 0 aromatic carbocycles. The van der Waals surface area contributed by atoms with Crippen molar-refractivity contribution in [2.75, 3.05) is 20.2 Å². The van der Waals surface area contributed by atoms with Gasteiger partial charge in [0, 0.05) is 57.9 Å². The molecule has 1 aromatic rings. The van der Waals surface area contributed by atoms with Crippen molar-refractivity contribution < 1.29 is 14.3 Å². The molecule has 7 heteroatoms. The van der Waals surface area contributed by atoms with Gasteiger partial charge in [0.25, 0.3) is 0 Å². The SMILES string of the molecule is CO[C@H]1CN(C(=O)CCCn2cccn2)C[C@H]1CC(N)=O. The van der Waals surface area contributed by atoms with E-state index in [1.54, 1.807) is 18.2 Å². The van der Waals surface area contributed by atoms with E-state index in [-0.39, 0.29) is 30.3 Å². The first kappa shape index (κ1) is 15.5. The van der Waals surface area contributed by atoms with Gasteiger partial charge in [0.05, 0.1) is 6.10 Å². The molecule has 1 fully saturated rings. The zero-order chi connectivity index (χ0) is 15.2. The maximum atomic E-state index is 12.2. The molecule has 7 nitrogen and oxygen atoms in total. The fourth-order valence-electron chi connectivity index (χ4n) is 2.75. The van der Waals surface area contributed by atoms with Crippen LogP contribution in [0, 0.1) is 5.92 Å². The second kappa shape index (κ2) is 7.21. The molecule has 2 amide bonds. The fourth-order valence-corrected chi connectivity index (χ4v) is 2.75. The Bertz CT molecular complexity index is 475. The first-order valence-electron chi connectivity index (χ1n) is 7.16. The van der Waals surface area contributed by atoms with Crippen molar-refractivity contribution in [2.45, 2.75) is 31.9 Å². The summed E-state index contributed by atoms with van der Waals surface area (Å²) in [6.45, 7) is 1.81. The Morgan fingerprint density at radius 1 is 1.43 bits per heavy atom. The number of ether oxygens (including phenoxy) is 1. The lowest BCUT2D eigenvalue weighted by Gasteiger charge is -2.15. The van der Waals surface area contributed by atoms with Crippen molar-refractivity contribution in [3.05, 3.63) is 18.5 Å². The molecular weight excluding hydrogens is 272 g/mol. The maximum Gasteiger partial charge on any atom is 0.222 e. The maximum absolute atomic E-state index is 12.2. The smallest absolute Gasteiger partial charge is 0.222 e. The van der Waals surface area contributed by atoms with E-state index in [1.807, 2.05) is 16.9 Å². The average Bonchev–Trinajstić information content (AvgIpc) is 3.07. The molecule has 2 atom stereocenters. The van der Waals surface area contributed by atoms with E-state index in [1.165, 1.54) is 0 Å². The summed E-state index contributed by atoms with van der Waals surface area (Å²) in [4.78, 5) is 25.0. The number of carbonyl (C=O) groups is 2. The molecule has 0 radical (unpaired) electrons. The minimum atomic E-state index is -0.352. The van der Waals surface area contributed by atoms with Crippen molar-refractivity contribution in [1.82, 2.24) is 14.7 Å². The molecule has 0 aliphatic carbocycles. The van der Waals surface area contributed by atoms with E-state index in [4.69, 9.17) is 10.5 Å². The number of primary amides is 1. The number of nitrogens with two attached hydrogens (primary N) is 1. The van der Waals surface area contributed by atoms with Crippen LogP contribution in [0.25, 0.3) is 0 Å². The summed E-state index contributed by atoms with van der Waals surface area (Å²) in [6.07, 6.45) is 4.97. The van der Waals surface area contributed by atoms with Crippen LogP contribution in [0.1, 0.15) is 19.3 Å². The van der Waals surface area contributed by atoms with Crippen LogP contribution in [0.4, 0.5) is 0 Å². The normalized spacial score (nSPS) is 21.7. The number of nitrogens with zero attached hydrogens (tertiary/aromatic N) is 3. The number of rotatable bonds is 7. The zero-order valence-electron chi connectivity index (χ0n) is 12.3. The zero-order valence-corrected chi connectivity index (χ0v) is 12.3. The molecule has 0 saturated carbocycles. The molecule has 2 N–H and O–H groups in total. The second-order valence-corrected chi connectivity index (χ2v) is 5.38. The molecule has 1 aliphatic rings. The highest BCUT2D eigenvalue weighted by atomic mass is 16.5. The summed E-state index contributed by atoms with van der Waals surface area (Å²) in [5.74, 6) is -0.256. The molecule has 0 spiro atoms. The summed E-state index contributed by atoms with van der Waals surface area (Å²) in [5, 5.41) is 4.10. The van der Waals surface area contributed by atoms with Gasteiger partial charge in [0.15, 0.2) is 0 Å². The third-order valence-electron chi connectivity index (χ3n) is 3.84. The van der Waals surface area contributed by atoms with Crippen LogP contribution in [0.3, 0.4) is 0 Å². The third kappa shape index (κ3) is 4.29. The number of aromatic nitrogens is 2. The minimum absolute atomic E-state index is 0.00238. The first-order valence-corrected chi connectivity index (χ1v) is 7.16. The third-order valence-corrected chi connectivity index (χ3v) is 3.84. The lowest BCUT2D eigenvalue weighted by atomic mass is 10.0. The van der Waals surface area contributed by atoms with Crippen molar-refractivity contribution >= 4 is 11.8 Å². The predicted octanol–water partition coefficient (Wildman–Crippen LogP) is 0.0121. The summed E-state index contributed by atoms with van der Waals surface area (Å²) in [7, 11) is 1.60. The quantitative estimate of drug-likeness (QED) is 0.767. The average molecular weight is 294 g/mol. The largest absolute Gasteiger partial charge is 0.379 e. The lowest BCUT2D eigenvalue weighted by Crippen LogP contribution is -2.29. The molecular formula is C14H22N4O3. The highest BCUT2D eigenvalue weighted by Crippen LogP contribution is 2.23. The molecule has 0 bridgehead atoms. The number of hydrogen-bond acceptors (Lipinski definition) is 4. The number of amides is 2. The van der Waals surface area contributed by atoms with Gasteiger partial charge in [-0.1, -0.05) is 0 Å². The molecule has 1 saturated heterocycles. The molecule has 116 valence electrons. The molecule has 2 heterocycles. The van der Waals surface area contributed by atoms with Crippen LogP contribution < -0.4 is 5.73 Å². The van der Waals surface area contributed by atoms with E-state index >= 15 is 0 Å². The fraction of sp³-hybridized carbons (Fsp3) is 0.643. The molecule has 2 rings (SSSR count).